The van der Waals surface area contributed by atoms with Crippen LogP contribution in [0.4, 0.5) is 8.78 Å². The Morgan fingerprint density at radius 2 is 1.64 bits per heavy atom. The third kappa shape index (κ3) is 5.37. The largest absolute Gasteiger partial charge is 0.494 e. The zero-order valence-electron chi connectivity index (χ0n) is 17.2. The Hall–Kier alpha value is -1.36. The van der Waals surface area contributed by atoms with Gasteiger partial charge in [-0.3, -0.25) is 0 Å². The van der Waals surface area contributed by atoms with Gasteiger partial charge in [0.2, 0.25) is 11.6 Å². The van der Waals surface area contributed by atoms with Crippen LogP contribution in [0.15, 0.2) is 12.1 Å². The lowest BCUT2D eigenvalue weighted by Crippen LogP contribution is -2.35. The van der Waals surface area contributed by atoms with E-state index in [9.17, 15) is 8.78 Å². The van der Waals surface area contributed by atoms with Crippen molar-refractivity contribution in [1.29, 1.82) is 0 Å². The van der Waals surface area contributed by atoms with Gasteiger partial charge in [0.05, 0.1) is 26.4 Å². The first kappa shape index (κ1) is 21.4. The maximum Gasteiger partial charge on any atom is 0.204 e. The summed E-state index contributed by atoms with van der Waals surface area (Å²) in [7, 11) is 1.31. The van der Waals surface area contributed by atoms with Crippen molar-refractivity contribution in [2.24, 2.45) is 17.8 Å². The number of benzene rings is 1. The summed E-state index contributed by atoms with van der Waals surface area (Å²) in [6, 6.07) is 2.80. The van der Waals surface area contributed by atoms with E-state index in [1.807, 2.05) is 0 Å². The van der Waals surface area contributed by atoms with Crippen LogP contribution in [0.1, 0.15) is 64.7 Å². The van der Waals surface area contributed by atoms with Crippen LogP contribution in [-0.4, -0.2) is 26.4 Å². The Morgan fingerprint density at radius 3 is 2.29 bits per heavy atom. The summed E-state index contributed by atoms with van der Waals surface area (Å²) in [6.45, 7) is 3.25. The van der Waals surface area contributed by atoms with Gasteiger partial charge in [-0.15, -0.1) is 0 Å². The SMILES string of the molecule is CCCCC1CCC(C2CCC(COc3ccc(OC)c(F)c3F)CO2)CC1. The monoisotopic (exact) mass is 396 g/mol. The van der Waals surface area contributed by atoms with Gasteiger partial charge in [0.15, 0.2) is 11.5 Å². The van der Waals surface area contributed by atoms with E-state index in [-0.39, 0.29) is 17.4 Å². The summed E-state index contributed by atoms with van der Waals surface area (Å²) in [6.07, 6.45) is 11.7. The molecular formula is C23H34F2O3. The first-order valence-electron chi connectivity index (χ1n) is 10.9. The molecule has 2 atom stereocenters. The van der Waals surface area contributed by atoms with Gasteiger partial charge in [-0.05, 0) is 49.7 Å². The molecule has 0 radical (unpaired) electrons. The molecule has 1 aromatic rings. The van der Waals surface area contributed by atoms with Crippen LogP contribution in [0, 0.1) is 29.4 Å². The number of methoxy groups -OCH3 is 1. The maximum absolute atomic E-state index is 14.0. The van der Waals surface area contributed by atoms with Crippen molar-refractivity contribution < 1.29 is 23.0 Å². The van der Waals surface area contributed by atoms with Gasteiger partial charge in [0, 0.05) is 5.92 Å². The molecule has 3 nitrogen and oxygen atoms in total. The quantitative estimate of drug-likeness (QED) is 0.528. The van der Waals surface area contributed by atoms with Crippen molar-refractivity contribution in [3.8, 4) is 11.5 Å². The van der Waals surface area contributed by atoms with Crippen LogP contribution < -0.4 is 9.47 Å². The molecule has 158 valence electrons. The fourth-order valence-corrected chi connectivity index (χ4v) is 4.66. The van der Waals surface area contributed by atoms with E-state index in [2.05, 4.69) is 6.92 Å². The van der Waals surface area contributed by atoms with E-state index in [1.54, 1.807) is 0 Å². The molecular weight excluding hydrogens is 362 g/mol. The molecule has 1 aromatic carbocycles. The zero-order valence-corrected chi connectivity index (χ0v) is 17.2. The summed E-state index contributed by atoms with van der Waals surface area (Å²) in [5, 5.41) is 0. The second-order valence-corrected chi connectivity index (χ2v) is 8.44. The van der Waals surface area contributed by atoms with Crippen LogP contribution in [-0.2, 0) is 4.74 Å². The van der Waals surface area contributed by atoms with E-state index in [4.69, 9.17) is 14.2 Å². The predicted molar refractivity (Wildman–Crippen MR) is 106 cm³/mol. The zero-order chi connectivity index (χ0) is 19.9. The summed E-state index contributed by atoms with van der Waals surface area (Å²) in [5.41, 5.74) is 0. The highest BCUT2D eigenvalue weighted by Gasteiger charge is 2.31. The maximum atomic E-state index is 14.0. The standard InChI is InChI=1S/C23H34F2O3/c1-3-4-5-16-6-9-18(10-7-16)19-11-8-17(14-27-19)15-28-21-13-12-20(26-2)22(24)23(21)25/h12-13,16-19H,3-11,14-15H2,1-2H3. The highest BCUT2D eigenvalue weighted by Crippen LogP contribution is 2.37. The highest BCUT2D eigenvalue weighted by molar-refractivity contribution is 5.34. The smallest absolute Gasteiger partial charge is 0.204 e. The van der Waals surface area contributed by atoms with Gasteiger partial charge in [-0.25, -0.2) is 0 Å². The Kier molecular flexibility index (Phi) is 7.95. The minimum absolute atomic E-state index is 0.0641. The molecule has 0 aromatic heterocycles. The minimum Gasteiger partial charge on any atom is -0.494 e. The molecule has 0 amide bonds. The van der Waals surface area contributed by atoms with Gasteiger partial charge >= 0.3 is 0 Å². The van der Waals surface area contributed by atoms with Crippen molar-refractivity contribution in [3.05, 3.63) is 23.8 Å². The average Bonchev–Trinajstić information content (AvgIpc) is 2.74. The van der Waals surface area contributed by atoms with Gasteiger partial charge < -0.3 is 14.2 Å². The molecule has 1 saturated heterocycles. The van der Waals surface area contributed by atoms with Gasteiger partial charge in [-0.2, -0.15) is 8.78 Å². The third-order valence-electron chi connectivity index (χ3n) is 6.49. The Balaban J connectivity index is 1.40. The molecule has 0 spiro atoms. The van der Waals surface area contributed by atoms with Crippen molar-refractivity contribution in [1.82, 2.24) is 0 Å². The fourth-order valence-electron chi connectivity index (χ4n) is 4.66. The summed E-state index contributed by atoms with van der Waals surface area (Å²) in [5.74, 6) is -0.345. The number of ether oxygens (including phenoxy) is 3. The van der Waals surface area contributed by atoms with Gasteiger partial charge in [-0.1, -0.05) is 39.0 Å². The van der Waals surface area contributed by atoms with E-state index >= 15 is 0 Å². The number of hydrogen-bond donors (Lipinski definition) is 0. The highest BCUT2D eigenvalue weighted by atomic mass is 19.2. The third-order valence-corrected chi connectivity index (χ3v) is 6.49. The van der Waals surface area contributed by atoms with E-state index in [0.29, 0.717) is 25.2 Å². The molecule has 0 N–H and O–H groups in total. The predicted octanol–water partition coefficient (Wildman–Crippen LogP) is 6.14. The van der Waals surface area contributed by atoms with Gasteiger partial charge in [0.1, 0.15) is 0 Å². The molecule has 1 aliphatic carbocycles. The molecule has 0 bridgehead atoms. The fraction of sp³-hybridized carbons (Fsp3) is 0.739. The van der Waals surface area contributed by atoms with Crippen molar-refractivity contribution >= 4 is 0 Å². The molecule has 1 heterocycles. The number of unbranched alkanes of at least 4 members (excludes halogenated alkanes) is 1. The van der Waals surface area contributed by atoms with Crippen LogP contribution in [0.3, 0.4) is 0 Å². The second-order valence-electron chi connectivity index (χ2n) is 8.44. The molecule has 3 rings (SSSR count). The molecule has 1 saturated carbocycles. The number of rotatable bonds is 8. The number of halogens is 2. The van der Waals surface area contributed by atoms with Crippen molar-refractivity contribution in [2.45, 2.75) is 70.8 Å². The van der Waals surface area contributed by atoms with Crippen LogP contribution >= 0.6 is 0 Å². The minimum atomic E-state index is -1.01. The van der Waals surface area contributed by atoms with Crippen LogP contribution in [0.25, 0.3) is 0 Å². The Labute approximate surface area is 167 Å². The normalized spacial score (nSPS) is 28.1. The molecule has 28 heavy (non-hydrogen) atoms. The second kappa shape index (κ2) is 10.4. The summed E-state index contributed by atoms with van der Waals surface area (Å²) in [4.78, 5) is 0. The van der Waals surface area contributed by atoms with Crippen LogP contribution in [0.5, 0.6) is 11.5 Å². The van der Waals surface area contributed by atoms with Crippen molar-refractivity contribution in [3.63, 3.8) is 0 Å². The Morgan fingerprint density at radius 1 is 0.964 bits per heavy atom. The first-order valence-corrected chi connectivity index (χ1v) is 10.9. The molecule has 2 aliphatic rings. The molecule has 5 heteroatoms. The molecule has 2 fully saturated rings. The molecule has 1 aliphatic heterocycles. The van der Waals surface area contributed by atoms with Gasteiger partial charge in [0.25, 0.3) is 0 Å². The van der Waals surface area contributed by atoms with E-state index in [1.165, 1.54) is 64.2 Å². The van der Waals surface area contributed by atoms with Crippen LogP contribution in [0.2, 0.25) is 0 Å². The Bertz CT molecular complexity index is 606. The van der Waals surface area contributed by atoms with E-state index < -0.39 is 11.6 Å². The van der Waals surface area contributed by atoms with E-state index in [0.717, 1.165) is 18.8 Å². The lowest BCUT2D eigenvalue weighted by molar-refractivity contribution is -0.0656. The number of hydrogen-bond acceptors (Lipinski definition) is 3. The summed E-state index contributed by atoms with van der Waals surface area (Å²) >= 11 is 0. The lowest BCUT2D eigenvalue weighted by Gasteiger charge is -2.37. The average molecular weight is 397 g/mol. The lowest BCUT2D eigenvalue weighted by atomic mass is 9.76. The van der Waals surface area contributed by atoms with Crippen molar-refractivity contribution in [2.75, 3.05) is 20.3 Å². The molecule has 2 unspecified atom stereocenters. The topological polar surface area (TPSA) is 27.7 Å². The summed E-state index contributed by atoms with van der Waals surface area (Å²) < 4.78 is 44.3. The first-order chi connectivity index (χ1) is 13.6.